The maximum atomic E-state index is 6.20. The van der Waals surface area contributed by atoms with Gasteiger partial charge in [0.15, 0.2) is 0 Å². The van der Waals surface area contributed by atoms with Gasteiger partial charge in [-0.3, -0.25) is 0 Å². The summed E-state index contributed by atoms with van der Waals surface area (Å²) >= 11 is 7.78. The molecular weight excluding hydrogens is 308 g/mol. The van der Waals surface area contributed by atoms with Crippen LogP contribution >= 0.6 is 23.4 Å². The Morgan fingerprint density at radius 2 is 2.19 bits per heavy atom. The monoisotopic (exact) mass is 324 g/mol. The average molecular weight is 325 g/mol. The summed E-state index contributed by atoms with van der Waals surface area (Å²) in [6, 6.07) is 4.16. The van der Waals surface area contributed by atoms with Crippen LogP contribution in [0.2, 0.25) is 5.02 Å². The highest BCUT2D eigenvalue weighted by atomic mass is 35.5. The zero-order chi connectivity index (χ0) is 14.7. The van der Waals surface area contributed by atoms with E-state index in [4.69, 9.17) is 11.6 Å². The van der Waals surface area contributed by atoms with Crippen LogP contribution in [0.25, 0.3) is 0 Å². The average Bonchev–Trinajstić information content (AvgIpc) is 3.17. The van der Waals surface area contributed by atoms with Crippen molar-refractivity contribution < 1.29 is 0 Å². The zero-order valence-corrected chi connectivity index (χ0v) is 13.4. The maximum absolute atomic E-state index is 6.20. The van der Waals surface area contributed by atoms with E-state index in [2.05, 4.69) is 25.8 Å². The van der Waals surface area contributed by atoms with Gasteiger partial charge in [-0.05, 0) is 35.4 Å². The van der Waals surface area contributed by atoms with Gasteiger partial charge in [-0.2, -0.15) is 0 Å². The number of anilines is 1. The van der Waals surface area contributed by atoms with Crippen molar-refractivity contribution in [2.75, 3.05) is 12.4 Å². The zero-order valence-electron chi connectivity index (χ0n) is 11.8. The van der Waals surface area contributed by atoms with Crippen molar-refractivity contribution in [1.29, 1.82) is 0 Å². The molecule has 0 amide bonds. The molecule has 8 heteroatoms. The Labute approximate surface area is 132 Å². The number of aromatic nitrogens is 5. The first-order chi connectivity index (χ1) is 10.3. The number of thioether (sulfide) groups is 1. The number of tetrazole rings is 1. The number of rotatable bonds is 5. The minimum Gasteiger partial charge on any atom is -0.373 e. The highest BCUT2D eigenvalue weighted by Gasteiger charge is 2.21. The van der Waals surface area contributed by atoms with E-state index in [-0.39, 0.29) is 0 Å². The summed E-state index contributed by atoms with van der Waals surface area (Å²) in [7, 11) is 1.84. The van der Waals surface area contributed by atoms with Gasteiger partial charge in [0.1, 0.15) is 5.82 Å². The molecule has 0 atom stereocenters. The quantitative estimate of drug-likeness (QED) is 0.852. The van der Waals surface area contributed by atoms with Gasteiger partial charge < -0.3 is 5.32 Å². The van der Waals surface area contributed by atoms with E-state index in [1.54, 1.807) is 11.8 Å². The number of pyridine rings is 1. The first-order valence-corrected chi connectivity index (χ1v) is 8.38. The number of hydrogen-bond donors (Lipinski definition) is 1. The number of nitrogens with zero attached hydrogens (tertiary/aromatic N) is 5. The molecule has 0 spiro atoms. The van der Waals surface area contributed by atoms with Gasteiger partial charge in [0.2, 0.25) is 5.16 Å². The van der Waals surface area contributed by atoms with Crippen LogP contribution < -0.4 is 5.32 Å². The molecule has 1 saturated carbocycles. The second-order valence-electron chi connectivity index (χ2n) is 5.01. The SMILES string of the molecule is CNc1ccc(Cl)c(CSc2nnnn2C2CCCC2)n1. The van der Waals surface area contributed by atoms with Crippen molar-refractivity contribution in [2.45, 2.75) is 42.6 Å². The summed E-state index contributed by atoms with van der Waals surface area (Å²) in [5.41, 5.74) is 0.842. The smallest absolute Gasteiger partial charge is 0.209 e. The molecule has 0 aliphatic heterocycles. The molecule has 2 aromatic heterocycles. The van der Waals surface area contributed by atoms with E-state index >= 15 is 0 Å². The molecule has 0 aromatic carbocycles. The fourth-order valence-corrected chi connectivity index (χ4v) is 3.67. The van der Waals surface area contributed by atoms with Gasteiger partial charge in [0.25, 0.3) is 0 Å². The topological polar surface area (TPSA) is 68.5 Å². The fourth-order valence-electron chi connectivity index (χ4n) is 2.52. The second-order valence-corrected chi connectivity index (χ2v) is 6.36. The Bertz CT molecular complexity index is 610. The minimum absolute atomic E-state index is 0.439. The highest BCUT2D eigenvalue weighted by molar-refractivity contribution is 7.98. The van der Waals surface area contributed by atoms with Crippen molar-refractivity contribution in [3.8, 4) is 0 Å². The standard InChI is InChI=1S/C13H17ClN6S/c1-15-12-7-6-10(14)11(16-12)8-21-13-17-18-19-20(13)9-4-2-3-5-9/h6-7,9H,2-5,8H2,1H3,(H,15,16). The lowest BCUT2D eigenvalue weighted by Gasteiger charge is -2.11. The Morgan fingerprint density at radius 1 is 1.38 bits per heavy atom. The van der Waals surface area contributed by atoms with Crippen LogP contribution in [-0.4, -0.2) is 32.2 Å². The molecule has 6 nitrogen and oxygen atoms in total. The van der Waals surface area contributed by atoms with Crippen LogP contribution in [-0.2, 0) is 5.75 Å². The molecule has 112 valence electrons. The van der Waals surface area contributed by atoms with Crippen LogP contribution in [0.1, 0.15) is 37.4 Å². The molecule has 2 aromatic rings. The lowest BCUT2D eigenvalue weighted by atomic mass is 10.3. The first-order valence-electron chi connectivity index (χ1n) is 7.02. The number of hydrogen-bond acceptors (Lipinski definition) is 6. The predicted octanol–water partition coefficient (Wildman–Crippen LogP) is 3.17. The van der Waals surface area contributed by atoms with Crippen LogP contribution in [0.15, 0.2) is 17.3 Å². The second kappa shape index (κ2) is 6.62. The predicted molar refractivity (Wildman–Crippen MR) is 83.7 cm³/mol. The molecule has 2 heterocycles. The molecule has 3 rings (SSSR count). The van der Waals surface area contributed by atoms with Crippen LogP contribution in [0, 0.1) is 0 Å². The lowest BCUT2D eigenvalue weighted by Crippen LogP contribution is -2.08. The van der Waals surface area contributed by atoms with Crippen molar-refractivity contribution in [3.63, 3.8) is 0 Å². The third-order valence-electron chi connectivity index (χ3n) is 3.65. The van der Waals surface area contributed by atoms with Crippen molar-refractivity contribution in [1.82, 2.24) is 25.2 Å². The van der Waals surface area contributed by atoms with E-state index in [9.17, 15) is 0 Å². The first kappa shape index (κ1) is 14.6. The molecular formula is C13H17ClN6S. The molecule has 1 aliphatic carbocycles. The Kier molecular flexibility index (Phi) is 4.60. The normalized spacial score (nSPS) is 15.5. The van der Waals surface area contributed by atoms with E-state index in [0.717, 1.165) is 29.5 Å². The fraction of sp³-hybridized carbons (Fsp3) is 0.538. The Balaban J connectivity index is 1.72. The maximum Gasteiger partial charge on any atom is 0.209 e. The van der Waals surface area contributed by atoms with Crippen molar-refractivity contribution in [3.05, 3.63) is 22.8 Å². The molecule has 21 heavy (non-hydrogen) atoms. The molecule has 1 N–H and O–H groups in total. The molecule has 0 radical (unpaired) electrons. The summed E-state index contributed by atoms with van der Waals surface area (Å²) in [6.07, 6.45) is 4.83. The number of halogens is 1. The van der Waals surface area contributed by atoms with Crippen molar-refractivity contribution >= 4 is 29.2 Å². The third kappa shape index (κ3) is 3.29. The summed E-state index contributed by atoms with van der Waals surface area (Å²) in [5.74, 6) is 1.46. The van der Waals surface area contributed by atoms with E-state index in [1.807, 2.05) is 23.9 Å². The lowest BCUT2D eigenvalue weighted by molar-refractivity contribution is 0.423. The van der Waals surface area contributed by atoms with Gasteiger partial charge >= 0.3 is 0 Å². The molecule has 0 saturated heterocycles. The summed E-state index contributed by atoms with van der Waals surface area (Å²) in [5, 5.41) is 16.6. The number of nitrogens with one attached hydrogen (secondary N) is 1. The largest absolute Gasteiger partial charge is 0.373 e. The van der Waals surface area contributed by atoms with E-state index in [0.29, 0.717) is 16.8 Å². The summed E-state index contributed by atoms with van der Waals surface area (Å²) in [6.45, 7) is 0. The van der Waals surface area contributed by atoms with Crippen molar-refractivity contribution in [2.24, 2.45) is 0 Å². The summed E-state index contributed by atoms with van der Waals surface area (Å²) < 4.78 is 1.95. The minimum atomic E-state index is 0.439. The van der Waals surface area contributed by atoms with Crippen LogP contribution in [0.4, 0.5) is 5.82 Å². The molecule has 1 aliphatic rings. The van der Waals surface area contributed by atoms with Crippen LogP contribution in [0.5, 0.6) is 0 Å². The van der Waals surface area contributed by atoms with Gasteiger partial charge in [0, 0.05) is 12.8 Å². The van der Waals surface area contributed by atoms with E-state index < -0.39 is 0 Å². The van der Waals surface area contributed by atoms with Gasteiger partial charge in [-0.15, -0.1) is 5.10 Å². The molecule has 1 fully saturated rings. The molecule has 0 bridgehead atoms. The van der Waals surface area contributed by atoms with Crippen LogP contribution in [0.3, 0.4) is 0 Å². The van der Waals surface area contributed by atoms with Gasteiger partial charge in [0.05, 0.1) is 16.8 Å². The Morgan fingerprint density at radius 3 is 2.95 bits per heavy atom. The van der Waals surface area contributed by atoms with Gasteiger partial charge in [-0.1, -0.05) is 36.2 Å². The third-order valence-corrected chi connectivity index (χ3v) is 4.93. The molecule has 0 unspecified atom stereocenters. The highest BCUT2D eigenvalue weighted by Crippen LogP contribution is 2.32. The van der Waals surface area contributed by atoms with E-state index in [1.165, 1.54) is 12.8 Å². The Hall–Kier alpha value is -1.34. The van der Waals surface area contributed by atoms with Gasteiger partial charge in [-0.25, -0.2) is 9.67 Å². The summed E-state index contributed by atoms with van der Waals surface area (Å²) in [4.78, 5) is 4.48.